The maximum Gasteiger partial charge on any atom is 0.155 e. The minimum Gasteiger partial charge on any atom is -0.353 e. The fourth-order valence-electron chi connectivity index (χ4n) is 1.11. The smallest absolute Gasteiger partial charge is 0.155 e. The average Bonchev–Trinajstić information content (AvgIpc) is 2.17. The van der Waals surface area contributed by atoms with Gasteiger partial charge < -0.3 is 9.47 Å². The Kier molecular flexibility index (Phi) is 5.15. The molecule has 78 valence electrons. The van der Waals surface area contributed by atoms with Gasteiger partial charge >= 0.3 is 0 Å². The molecular formula is C11H15BrO2. The molecule has 3 heteroatoms. The largest absolute Gasteiger partial charge is 0.353 e. The summed E-state index contributed by atoms with van der Waals surface area (Å²) < 4.78 is 11.8. The number of hydrogen-bond acceptors (Lipinski definition) is 2. The standard InChI is InChI=1S/C11H15BrO2/c1-3-13-9(2)14-8-10-6-4-5-7-11(10)12/h4-7,9H,3,8H2,1-2H3. The van der Waals surface area contributed by atoms with Gasteiger partial charge in [0.15, 0.2) is 6.29 Å². The highest BCUT2D eigenvalue weighted by Crippen LogP contribution is 2.17. The van der Waals surface area contributed by atoms with Gasteiger partial charge in [-0.25, -0.2) is 0 Å². The van der Waals surface area contributed by atoms with Crippen LogP contribution in [0.15, 0.2) is 28.7 Å². The second-order valence-electron chi connectivity index (χ2n) is 2.93. The van der Waals surface area contributed by atoms with Gasteiger partial charge in [-0.1, -0.05) is 34.1 Å². The summed E-state index contributed by atoms with van der Waals surface area (Å²) in [7, 11) is 0. The molecule has 0 radical (unpaired) electrons. The van der Waals surface area contributed by atoms with E-state index in [0.717, 1.165) is 10.0 Å². The maximum atomic E-state index is 5.50. The highest BCUT2D eigenvalue weighted by molar-refractivity contribution is 9.10. The maximum absolute atomic E-state index is 5.50. The van der Waals surface area contributed by atoms with Gasteiger partial charge in [0.1, 0.15) is 0 Å². The summed E-state index contributed by atoms with van der Waals surface area (Å²) in [5.41, 5.74) is 1.14. The van der Waals surface area contributed by atoms with Crippen LogP contribution in [-0.2, 0) is 16.1 Å². The van der Waals surface area contributed by atoms with Gasteiger partial charge in [-0.15, -0.1) is 0 Å². The highest BCUT2D eigenvalue weighted by Gasteiger charge is 2.03. The van der Waals surface area contributed by atoms with Crippen LogP contribution < -0.4 is 0 Å². The van der Waals surface area contributed by atoms with Crippen LogP contribution in [0, 0.1) is 0 Å². The molecule has 0 aliphatic heterocycles. The Bertz CT molecular complexity index is 276. The minimum atomic E-state index is -0.146. The fourth-order valence-corrected chi connectivity index (χ4v) is 1.50. The lowest BCUT2D eigenvalue weighted by atomic mass is 10.2. The molecule has 0 bridgehead atoms. The van der Waals surface area contributed by atoms with Crippen LogP contribution in [0.25, 0.3) is 0 Å². The summed E-state index contributed by atoms with van der Waals surface area (Å²) in [6, 6.07) is 8.02. The molecule has 1 rings (SSSR count). The Balaban J connectivity index is 2.41. The Morgan fingerprint density at radius 2 is 2.00 bits per heavy atom. The van der Waals surface area contributed by atoms with Crippen molar-refractivity contribution in [2.45, 2.75) is 26.7 Å². The van der Waals surface area contributed by atoms with Gasteiger partial charge in [-0.3, -0.25) is 0 Å². The monoisotopic (exact) mass is 258 g/mol. The Hall–Kier alpha value is -0.380. The topological polar surface area (TPSA) is 18.5 Å². The predicted molar refractivity (Wildman–Crippen MR) is 60.0 cm³/mol. The van der Waals surface area contributed by atoms with Crippen LogP contribution in [0.3, 0.4) is 0 Å². The minimum absolute atomic E-state index is 0.146. The van der Waals surface area contributed by atoms with Gasteiger partial charge in [-0.05, 0) is 25.5 Å². The molecule has 0 spiro atoms. The van der Waals surface area contributed by atoms with Gasteiger partial charge in [0.05, 0.1) is 6.61 Å². The molecule has 1 aromatic carbocycles. The van der Waals surface area contributed by atoms with E-state index in [1.165, 1.54) is 0 Å². The predicted octanol–water partition coefficient (Wildman–Crippen LogP) is 3.35. The lowest BCUT2D eigenvalue weighted by Crippen LogP contribution is -2.12. The van der Waals surface area contributed by atoms with E-state index in [9.17, 15) is 0 Å². The van der Waals surface area contributed by atoms with Crippen molar-refractivity contribution in [3.63, 3.8) is 0 Å². The van der Waals surface area contributed by atoms with Gasteiger partial charge in [0, 0.05) is 11.1 Å². The Morgan fingerprint density at radius 3 is 2.64 bits per heavy atom. The Labute approximate surface area is 93.4 Å². The lowest BCUT2D eigenvalue weighted by molar-refractivity contribution is -0.134. The average molecular weight is 259 g/mol. The fraction of sp³-hybridized carbons (Fsp3) is 0.455. The lowest BCUT2D eigenvalue weighted by Gasteiger charge is -2.13. The first-order valence-corrected chi connectivity index (χ1v) is 5.50. The van der Waals surface area contributed by atoms with E-state index in [2.05, 4.69) is 15.9 Å². The van der Waals surface area contributed by atoms with Crippen LogP contribution in [0.5, 0.6) is 0 Å². The van der Waals surface area contributed by atoms with Crippen molar-refractivity contribution >= 4 is 15.9 Å². The molecule has 1 aromatic rings. The van der Waals surface area contributed by atoms with Crippen LogP contribution >= 0.6 is 15.9 Å². The van der Waals surface area contributed by atoms with E-state index >= 15 is 0 Å². The molecule has 0 aromatic heterocycles. The molecule has 1 atom stereocenters. The first kappa shape index (κ1) is 11.7. The number of hydrogen-bond donors (Lipinski definition) is 0. The summed E-state index contributed by atoms with van der Waals surface area (Å²) in [4.78, 5) is 0. The normalized spacial score (nSPS) is 12.8. The molecule has 2 nitrogen and oxygen atoms in total. The van der Waals surface area contributed by atoms with Crippen LogP contribution in [0.1, 0.15) is 19.4 Å². The molecule has 0 heterocycles. The zero-order valence-electron chi connectivity index (χ0n) is 8.50. The van der Waals surface area contributed by atoms with E-state index in [1.54, 1.807) is 0 Å². The molecule has 0 saturated heterocycles. The zero-order chi connectivity index (χ0) is 10.4. The third-order valence-corrected chi connectivity index (χ3v) is 2.61. The summed E-state index contributed by atoms with van der Waals surface area (Å²) in [5.74, 6) is 0. The van der Waals surface area contributed by atoms with Crippen molar-refractivity contribution in [2.24, 2.45) is 0 Å². The first-order valence-electron chi connectivity index (χ1n) is 4.70. The second kappa shape index (κ2) is 6.17. The van der Waals surface area contributed by atoms with E-state index in [-0.39, 0.29) is 6.29 Å². The van der Waals surface area contributed by atoms with Crippen LogP contribution in [-0.4, -0.2) is 12.9 Å². The van der Waals surface area contributed by atoms with Crippen molar-refractivity contribution in [1.82, 2.24) is 0 Å². The second-order valence-corrected chi connectivity index (χ2v) is 3.78. The molecule has 0 N–H and O–H groups in total. The number of rotatable bonds is 5. The SMILES string of the molecule is CCOC(C)OCc1ccccc1Br. The van der Waals surface area contributed by atoms with Gasteiger partial charge in [-0.2, -0.15) is 0 Å². The summed E-state index contributed by atoms with van der Waals surface area (Å²) >= 11 is 3.46. The van der Waals surface area contributed by atoms with Crippen molar-refractivity contribution < 1.29 is 9.47 Å². The van der Waals surface area contributed by atoms with E-state index in [4.69, 9.17) is 9.47 Å². The summed E-state index contributed by atoms with van der Waals surface area (Å²) in [5, 5.41) is 0. The van der Waals surface area contributed by atoms with Crippen LogP contribution in [0.2, 0.25) is 0 Å². The van der Waals surface area contributed by atoms with E-state index in [0.29, 0.717) is 13.2 Å². The number of halogens is 1. The molecule has 0 aliphatic carbocycles. The van der Waals surface area contributed by atoms with Crippen molar-refractivity contribution in [3.05, 3.63) is 34.3 Å². The third-order valence-electron chi connectivity index (χ3n) is 1.83. The highest BCUT2D eigenvalue weighted by atomic mass is 79.9. The van der Waals surface area contributed by atoms with E-state index in [1.807, 2.05) is 38.1 Å². The zero-order valence-corrected chi connectivity index (χ0v) is 10.1. The first-order chi connectivity index (χ1) is 6.74. The molecular weight excluding hydrogens is 244 g/mol. The van der Waals surface area contributed by atoms with Crippen molar-refractivity contribution in [3.8, 4) is 0 Å². The number of benzene rings is 1. The molecule has 1 unspecified atom stereocenters. The van der Waals surface area contributed by atoms with Gasteiger partial charge in [0.2, 0.25) is 0 Å². The summed E-state index contributed by atoms with van der Waals surface area (Å²) in [6.07, 6.45) is -0.146. The Morgan fingerprint density at radius 1 is 1.29 bits per heavy atom. The molecule has 14 heavy (non-hydrogen) atoms. The molecule has 0 fully saturated rings. The molecule has 0 amide bonds. The third kappa shape index (κ3) is 3.78. The summed E-state index contributed by atoms with van der Waals surface area (Å²) in [6.45, 7) is 5.11. The molecule has 0 saturated carbocycles. The van der Waals surface area contributed by atoms with Gasteiger partial charge in [0.25, 0.3) is 0 Å². The van der Waals surface area contributed by atoms with Crippen LogP contribution in [0.4, 0.5) is 0 Å². The quantitative estimate of drug-likeness (QED) is 0.755. The number of ether oxygens (including phenoxy) is 2. The van der Waals surface area contributed by atoms with Crippen molar-refractivity contribution in [1.29, 1.82) is 0 Å². The van der Waals surface area contributed by atoms with E-state index < -0.39 is 0 Å². The van der Waals surface area contributed by atoms with Crippen molar-refractivity contribution in [2.75, 3.05) is 6.61 Å². The molecule has 0 aliphatic rings.